The van der Waals surface area contributed by atoms with Crippen molar-refractivity contribution in [2.24, 2.45) is 11.3 Å². The fraction of sp³-hybridized carbons (Fsp3) is 0.632. The Bertz CT molecular complexity index is 583. The lowest BCUT2D eigenvalue weighted by Crippen LogP contribution is -2.46. The van der Waals surface area contributed by atoms with Gasteiger partial charge in [0, 0.05) is 29.6 Å². The molecule has 1 N–H and O–H groups in total. The van der Waals surface area contributed by atoms with E-state index in [2.05, 4.69) is 31.0 Å². The van der Waals surface area contributed by atoms with Gasteiger partial charge in [0.15, 0.2) is 0 Å². The van der Waals surface area contributed by atoms with Crippen LogP contribution in [0.5, 0.6) is 0 Å². The number of piperidine rings is 1. The van der Waals surface area contributed by atoms with Crippen LogP contribution in [0.3, 0.4) is 0 Å². The van der Waals surface area contributed by atoms with Gasteiger partial charge in [0.25, 0.3) is 5.91 Å². The van der Waals surface area contributed by atoms with Crippen LogP contribution in [0.4, 0.5) is 8.78 Å². The number of hydrogen-bond acceptors (Lipinski definition) is 2. The van der Waals surface area contributed by atoms with Crippen molar-refractivity contribution in [1.29, 1.82) is 0 Å². The van der Waals surface area contributed by atoms with Crippen molar-refractivity contribution >= 4 is 17.5 Å². The van der Waals surface area contributed by atoms with Crippen LogP contribution in [-0.4, -0.2) is 43.2 Å². The fourth-order valence-corrected chi connectivity index (χ4v) is 3.18. The molecule has 1 amide bonds. The van der Waals surface area contributed by atoms with Crippen LogP contribution < -0.4 is 5.32 Å². The first-order valence-electron chi connectivity index (χ1n) is 8.75. The Morgan fingerprint density at radius 3 is 2.68 bits per heavy atom. The Hall–Kier alpha value is -1.20. The van der Waals surface area contributed by atoms with E-state index in [0.717, 1.165) is 31.6 Å². The fourth-order valence-electron chi connectivity index (χ4n) is 2.95. The van der Waals surface area contributed by atoms with Gasteiger partial charge >= 0.3 is 0 Å². The standard InChI is InChI=1S/C19H27ClF2N2O/c1-19(2,3)5-7-24-6-4-13(17(22)12-24)11-23-18(25)14-8-15(20)10-16(21)9-14/h8-10,13,17H,4-7,11-12H2,1-3H3,(H,23,25)/t13-,17-/m1/s1. The first kappa shape index (κ1) is 20.1. The van der Waals surface area contributed by atoms with Crippen molar-refractivity contribution in [2.75, 3.05) is 26.2 Å². The largest absolute Gasteiger partial charge is 0.352 e. The number of nitrogens with one attached hydrogen (secondary N) is 1. The second-order valence-electron chi connectivity index (χ2n) is 8.04. The average molecular weight is 373 g/mol. The molecular formula is C19H27ClF2N2O. The molecule has 0 aromatic heterocycles. The number of carbonyl (C=O) groups is 1. The highest BCUT2D eigenvalue weighted by Gasteiger charge is 2.30. The van der Waals surface area contributed by atoms with Gasteiger partial charge in [0.2, 0.25) is 0 Å². The molecule has 1 aromatic carbocycles. The number of carbonyl (C=O) groups excluding carboxylic acids is 1. The molecular weight excluding hydrogens is 346 g/mol. The first-order chi connectivity index (χ1) is 11.6. The van der Waals surface area contributed by atoms with Gasteiger partial charge in [0.1, 0.15) is 12.0 Å². The lowest BCUT2D eigenvalue weighted by Gasteiger charge is -2.36. The van der Waals surface area contributed by atoms with Gasteiger partial charge in [-0.1, -0.05) is 32.4 Å². The molecule has 140 valence electrons. The van der Waals surface area contributed by atoms with E-state index >= 15 is 0 Å². The molecule has 25 heavy (non-hydrogen) atoms. The van der Waals surface area contributed by atoms with Crippen molar-refractivity contribution < 1.29 is 13.6 Å². The maximum absolute atomic E-state index is 14.4. The van der Waals surface area contributed by atoms with Gasteiger partial charge in [-0.15, -0.1) is 0 Å². The number of likely N-dealkylation sites (tertiary alicyclic amines) is 1. The zero-order chi connectivity index (χ0) is 18.6. The van der Waals surface area contributed by atoms with Gasteiger partial charge in [0.05, 0.1) is 0 Å². The molecule has 0 saturated carbocycles. The van der Waals surface area contributed by atoms with E-state index < -0.39 is 17.9 Å². The molecule has 0 bridgehead atoms. The second kappa shape index (κ2) is 8.45. The summed E-state index contributed by atoms with van der Waals surface area (Å²) in [6.07, 6.45) is 0.766. The molecule has 1 aromatic rings. The number of nitrogens with zero attached hydrogens (tertiary/aromatic N) is 1. The maximum Gasteiger partial charge on any atom is 0.251 e. The van der Waals surface area contributed by atoms with Gasteiger partial charge in [-0.25, -0.2) is 8.78 Å². The molecule has 0 aliphatic carbocycles. The Morgan fingerprint density at radius 2 is 2.08 bits per heavy atom. The summed E-state index contributed by atoms with van der Waals surface area (Å²) in [5.74, 6) is -1.20. The van der Waals surface area contributed by atoms with Gasteiger partial charge in [-0.05, 0) is 49.5 Å². The Balaban J connectivity index is 1.81. The molecule has 1 saturated heterocycles. The molecule has 1 aliphatic heterocycles. The van der Waals surface area contributed by atoms with Gasteiger partial charge < -0.3 is 10.2 Å². The van der Waals surface area contributed by atoms with Crippen LogP contribution in [-0.2, 0) is 0 Å². The SMILES string of the molecule is CC(C)(C)CCN1CC[C@H](CNC(=O)c2cc(F)cc(Cl)c2)[C@H](F)C1. The van der Waals surface area contributed by atoms with E-state index in [9.17, 15) is 13.6 Å². The molecule has 0 radical (unpaired) electrons. The summed E-state index contributed by atoms with van der Waals surface area (Å²) in [6, 6.07) is 3.68. The topological polar surface area (TPSA) is 32.3 Å². The first-order valence-corrected chi connectivity index (χ1v) is 9.12. The number of alkyl halides is 1. The predicted molar refractivity (Wildman–Crippen MR) is 97.3 cm³/mol. The van der Waals surface area contributed by atoms with Crippen LogP contribution >= 0.6 is 11.6 Å². The summed E-state index contributed by atoms with van der Waals surface area (Å²) < 4.78 is 27.7. The zero-order valence-corrected chi connectivity index (χ0v) is 15.9. The van der Waals surface area contributed by atoms with Crippen molar-refractivity contribution in [3.8, 4) is 0 Å². The van der Waals surface area contributed by atoms with E-state index in [4.69, 9.17) is 11.6 Å². The average Bonchev–Trinajstić information content (AvgIpc) is 2.50. The van der Waals surface area contributed by atoms with Crippen molar-refractivity contribution in [3.63, 3.8) is 0 Å². The van der Waals surface area contributed by atoms with E-state index in [-0.39, 0.29) is 28.5 Å². The third-order valence-corrected chi connectivity index (χ3v) is 4.81. The molecule has 6 heteroatoms. The Morgan fingerprint density at radius 1 is 1.36 bits per heavy atom. The summed E-state index contributed by atoms with van der Waals surface area (Å²) in [5.41, 5.74) is 0.395. The normalized spacial score (nSPS) is 22.0. The Labute approximate surface area is 153 Å². The monoisotopic (exact) mass is 372 g/mol. The molecule has 1 aliphatic rings. The number of benzene rings is 1. The molecule has 1 fully saturated rings. The number of hydrogen-bond donors (Lipinski definition) is 1. The molecule has 2 atom stereocenters. The summed E-state index contributed by atoms with van der Waals surface area (Å²) >= 11 is 5.76. The van der Waals surface area contributed by atoms with E-state index in [0.29, 0.717) is 13.0 Å². The summed E-state index contributed by atoms with van der Waals surface area (Å²) in [7, 11) is 0. The van der Waals surface area contributed by atoms with Crippen LogP contribution in [0.1, 0.15) is 44.0 Å². The van der Waals surface area contributed by atoms with E-state index in [1.165, 1.54) is 6.07 Å². The highest BCUT2D eigenvalue weighted by atomic mass is 35.5. The Kier molecular flexibility index (Phi) is 6.80. The zero-order valence-electron chi connectivity index (χ0n) is 15.1. The lowest BCUT2D eigenvalue weighted by molar-refractivity contribution is 0.0724. The minimum Gasteiger partial charge on any atom is -0.352 e. The van der Waals surface area contributed by atoms with Gasteiger partial charge in [-0.2, -0.15) is 0 Å². The molecule has 0 spiro atoms. The van der Waals surface area contributed by atoms with E-state index in [1.54, 1.807) is 0 Å². The molecule has 1 heterocycles. The summed E-state index contributed by atoms with van der Waals surface area (Å²) in [4.78, 5) is 14.3. The van der Waals surface area contributed by atoms with Crippen LogP contribution in [0.25, 0.3) is 0 Å². The molecule has 2 rings (SSSR count). The van der Waals surface area contributed by atoms with Crippen LogP contribution in [0.15, 0.2) is 18.2 Å². The van der Waals surface area contributed by atoms with Gasteiger partial charge in [-0.3, -0.25) is 4.79 Å². The second-order valence-corrected chi connectivity index (χ2v) is 8.48. The summed E-state index contributed by atoms with van der Waals surface area (Å²) in [6.45, 7) is 8.93. The smallest absolute Gasteiger partial charge is 0.251 e. The quantitative estimate of drug-likeness (QED) is 0.835. The van der Waals surface area contributed by atoms with Crippen molar-refractivity contribution in [1.82, 2.24) is 10.2 Å². The van der Waals surface area contributed by atoms with E-state index in [1.807, 2.05) is 0 Å². The summed E-state index contributed by atoms with van der Waals surface area (Å²) in [5, 5.41) is 2.87. The number of amides is 1. The highest BCUT2D eigenvalue weighted by molar-refractivity contribution is 6.31. The van der Waals surface area contributed by atoms with Crippen LogP contribution in [0.2, 0.25) is 5.02 Å². The number of halogens is 3. The highest BCUT2D eigenvalue weighted by Crippen LogP contribution is 2.24. The van der Waals surface area contributed by atoms with Crippen molar-refractivity contribution in [2.45, 2.75) is 39.8 Å². The minimum absolute atomic E-state index is 0.156. The van der Waals surface area contributed by atoms with Crippen molar-refractivity contribution in [3.05, 3.63) is 34.6 Å². The minimum atomic E-state index is -0.967. The molecule has 0 unspecified atom stereocenters. The number of rotatable bonds is 5. The third kappa shape index (κ3) is 6.55. The lowest BCUT2D eigenvalue weighted by atomic mass is 9.90. The maximum atomic E-state index is 14.4. The third-order valence-electron chi connectivity index (χ3n) is 4.59. The molecule has 3 nitrogen and oxygen atoms in total. The predicted octanol–water partition coefficient (Wildman–Crippen LogP) is 4.31. The van der Waals surface area contributed by atoms with Crippen LogP contribution in [0, 0.1) is 17.2 Å².